The van der Waals surface area contributed by atoms with Crippen LogP contribution in [0, 0.1) is 0 Å². The molecule has 1 N–H and O–H groups in total. The smallest absolute Gasteiger partial charge is 0.203 e. The molecule has 18 heavy (non-hydrogen) atoms. The van der Waals surface area contributed by atoms with Crippen molar-refractivity contribution in [2.75, 3.05) is 5.32 Å². The van der Waals surface area contributed by atoms with E-state index in [0.717, 1.165) is 17.4 Å². The minimum Gasteiger partial charge on any atom is -0.347 e. The zero-order valence-electron chi connectivity index (χ0n) is 10.8. The van der Waals surface area contributed by atoms with Crippen LogP contribution in [0.3, 0.4) is 0 Å². The van der Waals surface area contributed by atoms with Crippen molar-refractivity contribution in [3.05, 3.63) is 28.5 Å². The molecular formula is C13H18N4S. The predicted molar refractivity (Wildman–Crippen MR) is 74.0 cm³/mol. The van der Waals surface area contributed by atoms with Crippen molar-refractivity contribution in [2.45, 2.75) is 45.2 Å². The van der Waals surface area contributed by atoms with Gasteiger partial charge in [-0.3, -0.25) is 0 Å². The van der Waals surface area contributed by atoms with Crippen molar-refractivity contribution in [3.63, 3.8) is 0 Å². The lowest BCUT2D eigenvalue weighted by molar-refractivity contribution is 0.726. The summed E-state index contributed by atoms with van der Waals surface area (Å²) in [5.74, 6) is 0.971. The van der Waals surface area contributed by atoms with Gasteiger partial charge in [-0.2, -0.15) is 0 Å². The zero-order chi connectivity index (χ0) is 12.5. The fourth-order valence-electron chi connectivity index (χ4n) is 2.01. The Hall–Kier alpha value is -1.36. The zero-order valence-corrected chi connectivity index (χ0v) is 11.6. The minimum atomic E-state index is 0.218. The number of aryl methyl sites for hydroxylation is 1. The van der Waals surface area contributed by atoms with Crippen LogP contribution in [0.15, 0.2) is 18.6 Å². The number of aromatic nitrogens is 3. The number of rotatable bonds is 5. The summed E-state index contributed by atoms with van der Waals surface area (Å²) in [5, 5.41) is 4.60. The molecule has 0 bridgehead atoms. The first-order chi connectivity index (χ1) is 8.78. The van der Waals surface area contributed by atoms with Gasteiger partial charge in [0, 0.05) is 29.5 Å². The highest BCUT2D eigenvalue weighted by Crippen LogP contribution is 2.37. The van der Waals surface area contributed by atoms with Crippen molar-refractivity contribution in [3.8, 4) is 0 Å². The van der Waals surface area contributed by atoms with E-state index in [1.54, 1.807) is 11.3 Å². The SMILES string of the molecule is CCc1cnc(C(C)Nc2nccn2C2CC2)s1. The topological polar surface area (TPSA) is 42.7 Å². The maximum Gasteiger partial charge on any atom is 0.203 e. The number of imidazole rings is 1. The molecule has 2 aromatic rings. The maximum absolute atomic E-state index is 4.48. The fourth-order valence-corrected chi connectivity index (χ4v) is 2.87. The maximum atomic E-state index is 4.48. The van der Waals surface area contributed by atoms with E-state index in [2.05, 4.69) is 39.9 Å². The van der Waals surface area contributed by atoms with Gasteiger partial charge in [0.05, 0.1) is 6.04 Å². The second-order valence-electron chi connectivity index (χ2n) is 4.77. The van der Waals surface area contributed by atoms with Crippen LogP contribution in [-0.2, 0) is 6.42 Å². The number of hydrogen-bond acceptors (Lipinski definition) is 4. The van der Waals surface area contributed by atoms with Gasteiger partial charge >= 0.3 is 0 Å². The van der Waals surface area contributed by atoms with Crippen LogP contribution in [0.2, 0.25) is 0 Å². The number of hydrogen-bond donors (Lipinski definition) is 1. The largest absolute Gasteiger partial charge is 0.347 e. The monoisotopic (exact) mass is 262 g/mol. The molecule has 1 atom stereocenters. The Morgan fingerprint density at radius 2 is 2.33 bits per heavy atom. The second-order valence-corrected chi connectivity index (χ2v) is 5.92. The van der Waals surface area contributed by atoms with E-state index < -0.39 is 0 Å². The molecule has 0 aromatic carbocycles. The van der Waals surface area contributed by atoms with Crippen LogP contribution < -0.4 is 5.32 Å². The lowest BCUT2D eigenvalue weighted by atomic mass is 10.3. The second kappa shape index (κ2) is 4.72. The lowest BCUT2D eigenvalue weighted by Gasteiger charge is -2.13. The fraction of sp³-hybridized carbons (Fsp3) is 0.538. The average Bonchev–Trinajstić information content (AvgIpc) is 2.93. The van der Waals surface area contributed by atoms with E-state index in [-0.39, 0.29) is 6.04 Å². The van der Waals surface area contributed by atoms with E-state index in [1.807, 2.05) is 12.4 Å². The molecule has 1 unspecified atom stereocenters. The Morgan fingerprint density at radius 1 is 1.50 bits per heavy atom. The molecule has 96 valence electrons. The Labute approximate surface area is 111 Å². The minimum absolute atomic E-state index is 0.218. The van der Waals surface area contributed by atoms with E-state index in [9.17, 15) is 0 Å². The first-order valence-electron chi connectivity index (χ1n) is 6.52. The van der Waals surface area contributed by atoms with Gasteiger partial charge in [-0.25, -0.2) is 9.97 Å². The summed E-state index contributed by atoms with van der Waals surface area (Å²) in [6.07, 6.45) is 9.51. The summed E-state index contributed by atoms with van der Waals surface area (Å²) in [6.45, 7) is 4.30. The van der Waals surface area contributed by atoms with Crippen molar-refractivity contribution >= 4 is 17.3 Å². The van der Waals surface area contributed by atoms with Crippen LogP contribution in [0.25, 0.3) is 0 Å². The Kier molecular flexibility index (Phi) is 3.07. The van der Waals surface area contributed by atoms with Crippen LogP contribution >= 0.6 is 11.3 Å². The highest BCUT2D eigenvalue weighted by molar-refractivity contribution is 7.11. The van der Waals surface area contributed by atoms with Crippen LogP contribution in [0.1, 0.15) is 48.7 Å². The summed E-state index contributed by atoms with van der Waals surface area (Å²) in [5.41, 5.74) is 0. The summed E-state index contributed by atoms with van der Waals surface area (Å²) in [4.78, 5) is 10.2. The van der Waals surface area contributed by atoms with Gasteiger partial charge in [-0.1, -0.05) is 6.92 Å². The number of nitrogens with zero attached hydrogens (tertiary/aromatic N) is 3. The molecule has 0 radical (unpaired) electrons. The van der Waals surface area contributed by atoms with Crippen molar-refractivity contribution in [1.29, 1.82) is 0 Å². The highest BCUT2D eigenvalue weighted by Gasteiger charge is 2.26. The van der Waals surface area contributed by atoms with E-state index in [0.29, 0.717) is 6.04 Å². The number of nitrogens with one attached hydrogen (secondary N) is 1. The third kappa shape index (κ3) is 2.27. The van der Waals surface area contributed by atoms with E-state index in [4.69, 9.17) is 0 Å². The Bertz CT molecular complexity index is 527. The molecule has 0 aliphatic heterocycles. The van der Waals surface area contributed by atoms with Gasteiger partial charge in [0.1, 0.15) is 5.01 Å². The molecule has 5 heteroatoms. The normalized spacial score (nSPS) is 16.8. The molecule has 0 saturated heterocycles. The molecule has 0 amide bonds. The number of anilines is 1. The van der Waals surface area contributed by atoms with E-state index >= 15 is 0 Å². The van der Waals surface area contributed by atoms with Gasteiger partial charge in [0.15, 0.2) is 0 Å². The van der Waals surface area contributed by atoms with Gasteiger partial charge in [0.25, 0.3) is 0 Å². The molecular weight excluding hydrogens is 244 g/mol. The van der Waals surface area contributed by atoms with Crippen molar-refractivity contribution < 1.29 is 0 Å². The van der Waals surface area contributed by atoms with Gasteiger partial charge in [-0.05, 0) is 26.2 Å². The number of thiazole rings is 1. The van der Waals surface area contributed by atoms with Crippen LogP contribution in [0.4, 0.5) is 5.95 Å². The highest BCUT2D eigenvalue weighted by atomic mass is 32.1. The van der Waals surface area contributed by atoms with Crippen LogP contribution in [0.5, 0.6) is 0 Å². The van der Waals surface area contributed by atoms with Crippen molar-refractivity contribution in [1.82, 2.24) is 14.5 Å². The summed E-state index contributed by atoms with van der Waals surface area (Å²) >= 11 is 1.78. The Morgan fingerprint density at radius 3 is 3.00 bits per heavy atom. The van der Waals surface area contributed by atoms with Crippen molar-refractivity contribution in [2.24, 2.45) is 0 Å². The molecule has 2 aromatic heterocycles. The summed E-state index contributed by atoms with van der Waals surface area (Å²) in [7, 11) is 0. The first kappa shape index (κ1) is 11.7. The third-order valence-electron chi connectivity index (χ3n) is 3.24. The average molecular weight is 262 g/mol. The molecule has 1 fully saturated rings. The summed E-state index contributed by atoms with van der Waals surface area (Å²) in [6, 6.07) is 0.875. The van der Waals surface area contributed by atoms with Gasteiger partial charge < -0.3 is 9.88 Å². The molecule has 1 aliphatic carbocycles. The molecule has 1 saturated carbocycles. The predicted octanol–water partition coefficient (Wildman–Crippen LogP) is 3.41. The standard InChI is InChI=1S/C13H18N4S/c1-3-11-8-15-12(18-11)9(2)16-13-14-6-7-17(13)10-4-5-10/h6-10H,3-5H2,1-2H3,(H,14,16). The molecule has 1 aliphatic rings. The molecule has 3 rings (SSSR count). The first-order valence-corrected chi connectivity index (χ1v) is 7.33. The van der Waals surface area contributed by atoms with Gasteiger partial charge in [-0.15, -0.1) is 11.3 Å². The lowest BCUT2D eigenvalue weighted by Crippen LogP contribution is -2.10. The molecule has 4 nitrogen and oxygen atoms in total. The van der Waals surface area contributed by atoms with Crippen LogP contribution in [-0.4, -0.2) is 14.5 Å². The molecule has 0 spiro atoms. The third-order valence-corrected chi connectivity index (χ3v) is 4.57. The quantitative estimate of drug-likeness (QED) is 0.898. The summed E-state index contributed by atoms with van der Waals surface area (Å²) < 4.78 is 2.24. The molecule has 2 heterocycles. The Balaban J connectivity index is 1.73. The van der Waals surface area contributed by atoms with Gasteiger partial charge in [0.2, 0.25) is 5.95 Å². The van der Waals surface area contributed by atoms with E-state index in [1.165, 1.54) is 17.7 Å².